The van der Waals surface area contributed by atoms with Crippen molar-refractivity contribution >= 4 is 46.3 Å². The molecule has 1 N–H and O–H groups in total. The van der Waals surface area contributed by atoms with Gasteiger partial charge in [0.2, 0.25) is 0 Å². The summed E-state index contributed by atoms with van der Waals surface area (Å²) in [5.41, 5.74) is 4.07. The van der Waals surface area contributed by atoms with Crippen LogP contribution >= 0.6 is 34.8 Å². The van der Waals surface area contributed by atoms with Crippen molar-refractivity contribution in [2.75, 3.05) is 5.43 Å². The van der Waals surface area contributed by atoms with E-state index in [-0.39, 0.29) is 5.15 Å². The van der Waals surface area contributed by atoms with Crippen molar-refractivity contribution in [2.24, 2.45) is 5.10 Å². The standard InChI is InChI=1S/C13H16Cl3N3/c14-10-8-11(15)13(17-12(10)16)19-18-9-6-4-2-1-3-5-7-9/h8H,1-7H2,(H,17,19). The summed E-state index contributed by atoms with van der Waals surface area (Å²) in [7, 11) is 0. The van der Waals surface area contributed by atoms with Gasteiger partial charge in [0.25, 0.3) is 0 Å². The van der Waals surface area contributed by atoms with Crippen LogP contribution < -0.4 is 5.43 Å². The van der Waals surface area contributed by atoms with E-state index in [0.29, 0.717) is 15.9 Å². The Hall–Kier alpha value is -0.510. The first-order valence-corrected chi connectivity index (χ1v) is 7.63. The first-order valence-electron chi connectivity index (χ1n) is 6.50. The van der Waals surface area contributed by atoms with Crippen LogP contribution in [-0.4, -0.2) is 10.7 Å². The Morgan fingerprint density at radius 1 is 0.947 bits per heavy atom. The molecule has 1 aromatic heterocycles. The van der Waals surface area contributed by atoms with Crippen molar-refractivity contribution in [1.29, 1.82) is 0 Å². The average molecular weight is 321 g/mol. The highest BCUT2D eigenvalue weighted by Crippen LogP contribution is 2.29. The quantitative estimate of drug-likeness (QED) is 0.572. The zero-order chi connectivity index (χ0) is 13.7. The van der Waals surface area contributed by atoms with Gasteiger partial charge >= 0.3 is 0 Å². The lowest BCUT2D eigenvalue weighted by atomic mass is 9.99. The lowest BCUT2D eigenvalue weighted by Gasteiger charge is -2.11. The number of pyridine rings is 1. The molecule has 1 aliphatic rings. The van der Waals surface area contributed by atoms with Crippen molar-refractivity contribution in [2.45, 2.75) is 44.9 Å². The average Bonchev–Trinajstić information content (AvgIpc) is 2.33. The molecule has 1 heterocycles. The molecular formula is C13H16Cl3N3. The number of halogens is 3. The smallest absolute Gasteiger partial charge is 0.166 e. The molecule has 0 aromatic carbocycles. The molecular weight excluding hydrogens is 305 g/mol. The van der Waals surface area contributed by atoms with Gasteiger partial charge in [-0.25, -0.2) is 4.98 Å². The first-order chi connectivity index (χ1) is 9.16. The van der Waals surface area contributed by atoms with Crippen LogP contribution in [0.5, 0.6) is 0 Å². The Labute approximate surface area is 128 Å². The van der Waals surface area contributed by atoms with Gasteiger partial charge in [-0.2, -0.15) is 5.10 Å². The van der Waals surface area contributed by atoms with Crippen LogP contribution in [0.2, 0.25) is 15.2 Å². The predicted octanol–water partition coefficient (Wildman–Crippen LogP) is 5.55. The van der Waals surface area contributed by atoms with Crippen LogP contribution in [0, 0.1) is 0 Å². The molecule has 19 heavy (non-hydrogen) atoms. The van der Waals surface area contributed by atoms with E-state index >= 15 is 0 Å². The minimum absolute atomic E-state index is 0.228. The number of nitrogens with one attached hydrogen (secondary N) is 1. The zero-order valence-electron chi connectivity index (χ0n) is 10.6. The number of hydrogen-bond donors (Lipinski definition) is 1. The second-order valence-electron chi connectivity index (χ2n) is 4.65. The van der Waals surface area contributed by atoms with Gasteiger partial charge in [0.1, 0.15) is 5.15 Å². The number of aromatic nitrogens is 1. The molecule has 0 spiro atoms. The number of nitrogens with zero attached hydrogens (tertiary/aromatic N) is 2. The van der Waals surface area contributed by atoms with Crippen molar-refractivity contribution in [1.82, 2.24) is 4.98 Å². The number of hydrazone groups is 1. The molecule has 3 nitrogen and oxygen atoms in total. The summed E-state index contributed by atoms with van der Waals surface area (Å²) < 4.78 is 0. The van der Waals surface area contributed by atoms with E-state index in [1.165, 1.54) is 37.8 Å². The topological polar surface area (TPSA) is 37.3 Å². The van der Waals surface area contributed by atoms with Crippen molar-refractivity contribution in [3.63, 3.8) is 0 Å². The van der Waals surface area contributed by atoms with Crippen molar-refractivity contribution in [3.05, 3.63) is 21.3 Å². The fourth-order valence-electron chi connectivity index (χ4n) is 2.08. The molecule has 0 bridgehead atoms. The summed E-state index contributed by atoms with van der Waals surface area (Å²) in [6, 6.07) is 1.57. The number of anilines is 1. The van der Waals surface area contributed by atoms with Crippen LogP contribution in [-0.2, 0) is 0 Å². The molecule has 104 valence electrons. The van der Waals surface area contributed by atoms with Gasteiger partial charge in [0, 0.05) is 5.71 Å². The highest BCUT2D eigenvalue weighted by molar-refractivity contribution is 6.42. The normalized spacial score (nSPS) is 16.7. The van der Waals surface area contributed by atoms with Crippen LogP contribution in [0.15, 0.2) is 11.2 Å². The monoisotopic (exact) mass is 319 g/mol. The van der Waals surface area contributed by atoms with Crippen molar-refractivity contribution < 1.29 is 0 Å². The summed E-state index contributed by atoms with van der Waals surface area (Å²) in [5, 5.41) is 5.40. The van der Waals surface area contributed by atoms with E-state index in [1.54, 1.807) is 6.07 Å². The highest BCUT2D eigenvalue weighted by atomic mass is 35.5. The summed E-state index contributed by atoms with van der Waals surface area (Å²) in [4.78, 5) is 4.08. The van der Waals surface area contributed by atoms with Gasteiger partial charge in [-0.3, -0.25) is 5.43 Å². The lowest BCUT2D eigenvalue weighted by Crippen LogP contribution is -2.06. The third-order valence-electron chi connectivity index (χ3n) is 3.14. The van der Waals surface area contributed by atoms with Gasteiger partial charge in [0.05, 0.1) is 10.0 Å². The summed E-state index contributed by atoms with van der Waals surface area (Å²) in [5.74, 6) is 0.450. The van der Waals surface area contributed by atoms with Crippen LogP contribution in [0.4, 0.5) is 5.82 Å². The van der Waals surface area contributed by atoms with Crippen LogP contribution in [0.1, 0.15) is 44.9 Å². The molecule has 1 saturated carbocycles. The highest BCUT2D eigenvalue weighted by Gasteiger charge is 2.08. The molecule has 0 aliphatic heterocycles. The van der Waals surface area contributed by atoms with E-state index in [9.17, 15) is 0 Å². The van der Waals surface area contributed by atoms with E-state index in [4.69, 9.17) is 34.8 Å². The molecule has 2 rings (SSSR count). The Morgan fingerprint density at radius 3 is 2.26 bits per heavy atom. The molecule has 1 fully saturated rings. The Bertz CT molecular complexity index is 464. The molecule has 0 unspecified atom stereocenters. The summed E-state index contributed by atoms with van der Waals surface area (Å²) >= 11 is 17.7. The van der Waals surface area contributed by atoms with Gasteiger partial charge in [-0.1, -0.05) is 54.1 Å². The van der Waals surface area contributed by atoms with Gasteiger partial charge < -0.3 is 0 Å². The molecule has 6 heteroatoms. The van der Waals surface area contributed by atoms with E-state index in [1.807, 2.05) is 0 Å². The second kappa shape index (κ2) is 7.32. The largest absolute Gasteiger partial charge is 0.260 e. The molecule has 0 amide bonds. The maximum atomic E-state index is 6.04. The Balaban J connectivity index is 2.05. The van der Waals surface area contributed by atoms with Gasteiger partial charge in [0.15, 0.2) is 5.82 Å². The van der Waals surface area contributed by atoms with Crippen molar-refractivity contribution in [3.8, 4) is 0 Å². The first kappa shape index (κ1) is 14.9. The van der Waals surface area contributed by atoms with Gasteiger partial charge in [-0.05, 0) is 31.7 Å². The SMILES string of the molecule is Clc1cc(Cl)c(NN=C2CCCCCCC2)nc1Cl. The third-order valence-corrected chi connectivity index (χ3v) is 4.10. The minimum atomic E-state index is 0.228. The second-order valence-corrected chi connectivity index (χ2v) is 5.82. The van der Waals surface area contributed by atoms with E-state index in [0.717, 1.165) is 12.8 Å². The molecule has 0 radical (unpaired) electrons. The molecule has 0 atom stereocenters. The fourth-order valence-corrected chi connectivity index (χ4v) is 2.62. The lowest BCUT2D eigenvalue weighted by molar-refractivity contribution is 0.606. The molecule has 0 saturated heterocycles. The molecule has 1 aromatic rings. The Kier molecular flexibility index (Phi) is 5.74. The minimum Gasteiger partial charge on any atom is -0.260 e. The van der Waals surface area contributed by atoms with E-state index < -0.39 is 0 Å². The fraction of sp³-hybridized carbons (Fsp3) is 0.538. The third kappa shape index (κ3) is 4.51. The summed E-state index contributed by atoms with van der Waals surface area (Å²) in [6.45, 7) is 0. The predicted molar refractivity (Wildman–Crippen MR) is 82.6 cm³/mol. The zero-order valence-corrected chi connectivity index (χ0v) is 12.8. The maximum Gasteiger partial charge on any atom is 0.166 e. The number of hydrogen-bond acceptors (Lipinski definition) is 3. The maximum absolute atomic E-state index is 6.04. The van der Waals surface area contributed by atoms with Crippen LogP contribution in [0.25, 0.3) is 0 Å². The number of rotatable bonds is 2. The van der Waals surface area contributed by atoms with Gasteiger partial charge in [-0.15, -0.1) is 0 Å². The Morgan fingerprint density at radius 2 is 1.58 bits per heavy atom. The molecule has 1 aliphatic carbocycles. The van der Waals surface area contributed by atoms with Crippen LogP contribution in [0.3, 0.4) is 0 Å². The van der Waals surface area contributed by atoms with E-state index in [2.05, 4.69) is 15.5 Å². The summed E-state index contributed by atoms with van der Waals surface area (Å²) in [6.07, 6.45) is 8.36.